The number of rotatable bonds is 4. The molecule has 20 heavy (non-hydrogen) atoms. The Hall–Kier alpha value is -0.0300. The number of amides is 1. The first-order valence-electron chi connectivity index (χ1n) is 7.00. The topological polar surface area (TPSA) is 58.4 Å². The van der Waals surface area contributed by atoms with Crippen LogP contribution < -0.4 is 11.1 Å². The van der Waals surface area contributed by atoms with E-state index in [1.54, 1.807) is 13.8 Å². The smallest absolute Gasteiger partial charge is 0.239 e. The van der Waals surface area contributed by atoms with E-state index in [1.807, 2.05) is 6.92 Å². The number of hydrogen-bond donors (Lipinski definition) is 2. The van der Waals surface area contributed by atoms with Gasteiger partial charge in [-0.2, -0.15) is 0 Å². The number of carbonyl (C=O) groups is 1. The fourth-order valence-corrected chi connectivity index (χ4v) is 2.78. The molecular weight excluding hydrogens is 297 g/mol. The van der Waals surface area contributed by atoms with Gasteiger partial charge in [0.15, 0.2) is 0 Å². The van der Waals surface area contributed by atoms with E-state index in [0.29, 0.717) is 0 Å². The summed E-state index contributed by atoms with van der Waals surface area (Å²) in [6.07, 6.45) is 1.31. The van der Waals surface area contributed by atoms with Crippen LogP contribution in [0.15, 0.2) is 0 Å². The van der Waals surface area contributed by atoms with Crippen LogP contribution in [0.3, 0.4) is 0 Å². The number of likely N-dealkylation sites (tertiary alicyclic amines) is 1. The Labute approximate surface area is 136 Å². The van der Waals surface area contributed by atoms with Crippen LogP contribution in [-0.4, -0.2) is 42.0 Å². The van der Waals surface area contributed by atoms with Gasteiger partial charge in [0, 0.05) is 25.7 Å². The van der Waals surface area contributed by atoms with Gasteiger partial charge in [0.25, 0.3) is 0 Å². The summed E-state index contributed by atoms with van der Waals surface area (Å²) in [5, 5.41) is 2.99. The van der Waals surface area contributed by atoms with Gasteiger partial charge in [-0.1, -0.05) is 13.8 Å². The predicted octanol–water partition coefficient (Wildman–Crippen LogP) is 2.05. The Morgan fingerprint density at radius 2 is 1.75 bits per heavy atom. The highest BCUT2D eigenvalue weighted by Gasteiger charge is 2.26. The Bertz CT molecular complexity index is 285. The van der Waals surface area contributed by atoms with E-state index in [2.05, 4.69) is 24.1 Å². The first-order valence-corrected chi connectivity index (χ1v) is 7.00. The molecule has 0 bridgehead atoms. The minimum absolute atomic E-state index is 0. The first-order chi connectivity index (χ1) is 8.18. The summed E-state index contributed by atoms with van der Waals surface area (Å²) >= 11 is 0. The molecule has 3 unspecified atom stereocenters. The number of carbonyl (C=O) groups excluding carboxylic acids is 1. The van der Waals surface area contributed by atoms with Crippen molar-refractivity contribution in [2.45, 2.75) is 52.6 Å². The van der Waals surface area contributed by atoms with E-state index in [4.69, 9.17) is 5.73 Å². The fourth-order valence-electron chi connectivity index (χ4n) is 2.78. The van der Waals surface area contributed by atoms with Gasteiger partial charge in [-0.3, -0.25) is 4.79 Å². The van der Waals surface area contributed by atoms with Crippen molar-refractivity contribution >= 4 is 30.7 Å². The maximum atomic E-state index is 11.8. The lowest BCUT2D eigenvalue weighted by molar-refractivity contribution is -0.126. The van der Waals surface area contributed by atoms with E-state index >= 15 is 0 Å². The maximum absolute atomic E-state index is 11.8. The van der Waals surface area contributed by atoms with Crippen LogP contribution in [0.5, 0.6) is 0 Å². The van der Waals surface area contributed by atoms with E-state index in [1.165, 1.54) is 6.42 Å². The molecule has 0 aliphatic carbocycles. The van der Waals surface area contributed by atoms with Crippen molar-refractivity contribution < 1.29 is 4.79 Å². The molecule has 0 spiro atoms. The van der Waals surface area contributed by atoms with Crippen LogP contribution in [-0.2, 0) is 4.79 Å². The van der Waals surface area contributed by atoms with Crippen LogP contribution in [0.2, 0.25) is 0 Å². The normalized spacial score (nSPS) is 25.1. The summed E-state index contributed by atoms with van der Waals surface area (Å²) < 4.78 is 0. The minimum atomic E-state index is -0.795. The van der Waals surface area contributed by atoms with Crippen molar-refractivity contribution in [1.29, 1.82) is 0 Å². The fraction of sp³-hybridized carbons (Fsp3) is 0.929. The van der Waals surface area contributed by atoms with Gasteiger partial charge in [-0.15, -0.1) is 24.8 Å². The van der Waals surface area contributed by atoms with Gasteiger partial charge in [0.05, 0.1) is 5.54 Å². The van der Waals surface area contributed by atoms with Crippen molar-refractivity contribution in [2.75, 3.05) is 19.6 Å². The second-order valence-corrected chi connectivity index (χ2v) is 6.76. The highest BCUT2D eigenvalue weighted by molar-refractivity contribution is 5.86. The van der Waals surface area contributed by atoms with Crippen molar-refractivity contribution in [3.63, 3.8) is 0 Å². The molecule has 122 valence electrons. The molecule has 0 saturated carbocycles. The molecule has 1 aliphatic heterocycles. The zero-order chi connectivity index (χ0) is 13.9. The zero-order valence-electron chi connectivity index (χ0n) is 13.3. The van der Waals surface area contributed by atoms with Gasteiger partial charge < -0.3 is 16.0 Å². The van der Waals surface area contributed by atoms with E-state index < -0.39 is 5.54 Å². The number of nitrogens with zero attached hydrogens (tertiary/aromatic N) is 1. The monoisotopic (exact) mass is 327 g/mol. The zero-order valence-corrected chi connectivity index (χ0v) is 14.9. The van der Waals surface area contributed by atoms with Crippen molar-refractivity contribution in [3.05, 3.63) is 0 Å². The molecule has 1 rings (SSSR count). The quantitative estimate of drug-likeness (QED) is 0.830. The SMILES string of the molecule is CC1CC(C)CN(CC(C)NC(=O)C(C)(C)N)C1.Cl.Cl. The summed E-state index contributed by atoms with van der Waals surface area (Å²) in [6, 6.07) is 0.151. The Kier molecular flexibility index (Phi) is 10.1. The summed E-state index contributed by atoms with van der Waals surface area (Å²) in [7, 11) is 0. The van der Waals surface area contributed by atoms with Gasteiger partial charge in [-0.25, -0.2) is 0 Å². The average Bonchev–Trinajstić information content (AvgIpc) is 2.13. The Morgan fingerprint density at radius 1 is 1.30 bits per heavy atom. The highest BCUT2D eigenvalue weighted by atomic mass is 35.5. The average molecular weight is 328 g/mol. The third kappa shape index (κ3) is 7.67. The van der Waals surface area contributed by atoms with Crippen molar-refractivity contribution in [3.8, 4) is 0 Å². The molecule has 1 fully saturated rings. The van der Waals surface area contributed by atoms with E-state index in [0.717, 1.165) is 31.5 Å². The number of halogens is 2. The molecule has 1 saturated heterocycles. The third-order valence-corrected chi connectivity index (χ3v) is 3.44. The molecule has 1 aliphatic rings. The second-order valence-electron chi connectivity index (χ2n) is 6.76. The summed E-state index contributed by atoms with van der Waals surface area (Å²) in [4.78, 5) is 14.2. The third-order valence-electron chi connectivity index (χ3n) is 3.44. The van der Waals surface area contributed by atoms with Gasteiger partial charge in [0.2, 0.25) is 5.91 Å². The molecule has 0 aromatic heterocycles. The summed E-state index contributed by atoms with van der Waals surface area (Å²) in [6.45, 7) is 13.3. The molecule has 0 aromatic carbocycles. The number of hydrogen-bond acceptors (Lipinski definition) is 3. The van der Waals surface area contributed by atoms with Gasteiger partial charge in [-0.05, 0) is 39.0 Å². The second kappa shape index (κ2) is 9.08. The minimum Gasteiger partial charge on any atom is -0.351 e. The van der Waals surface area contributed by atoms with Crippen molar-refractivity contribution in [1.82, 2.24) is 10.2 Å². The lowest BCUT2D eigenvalue weighted by atomic mass is 9.91. The van der Waals surface area contributed by atoms with Crippen LogP contribution in [0.25, 0.3) is 0 Å². The molecule has 1 amide bonds. The van der Waals surface area contributed by atoms with Crippen molar-refractivity contribution in [2.24, 2.45) is 17.6 Å². The largest absolute Gasteiger partial charge is 0.351 e. The molecule has 4 nitrogen and oxygen atoms in total. The molecule has 0 aromatic rings. The number of nitrogens with two attached hydrogens (primary N) is 1. The van der Waals surface area contributed by atoms with E-state index in [-0.39, 0.29) is 36.8 Å². The lowest BCUT2D eigenvalue weighted by Crippen LogP contribution is -2.54. The van der Waals surface area contributed by atoms with Crippen LogP contribution in [0.4, 0.5) is 0 Å². The number of nitrogens with one attached hydrogen (secondary N) is 1. The first kappa shape index (κ1) is 22.3. The molecule has 3 N–H and O–H groups in total. The Morgan fingerprint density at radius 3 is 2.15 bits per heavy atom. The maximum Gasteiger partial charge on any atom is 0.239 e. The summed E-state index contributed by atoms with van der Waals surface area (Å²) in [5.74, 6) is 1.43. The van der Waals surface area contributed by atoms with E-state index in [9.17, 15) is 4.79 Å². The molecule has 3 atom stereocenters. The van der Waals surface area contributed by atoms with Crippen LogP contribution >= 0.6 is 24.8 Å². The van der Waals surface area contributed by atoms with Gasteiger partial charge >= 0.3 is 0 Å². The van der Waals surface area contributed by atoms with Crippen LogP contribution in [0, 0.1) is 11.8 Å². The summed E-state index contributed by atoms with van der Waals surface area (Å²) in [5.41, 5.74) is 4.98. The lowest BCUT2D eigenvalue weighted by Gasteiger charge is -2.36. The number of piperidine rings is 1. The predicted molar refractivity (Wildman–Crippen MR) is 89.8 cm³/mol. The van der Waals surface area contributed by atoms with Gasteiger partial charge in [0.1, 0.15) is 0 Å². The van der Waals surface area contributed by atoms with Crippen LogP contribution in [0.1, 0.15) is 41.0 Å². The molecule has 1 heterocycles. The Balaban J connectivity index is 0. The highest BCUT2D eigenvalue weighted by Crippen LogP contribution is 2.20. The standard InChI is InChI=1S/C14H29N3O.2ClH/c1-10-6-11(2)8-17(7-10)9-12(3)16-13(18)14(4,5)15;;/h10-12H,6-9,15H2,1-5H3,(H,16,18);2*1H. The molecular formula is C14H31Cl2N3O. The molecule has 0 radical (unpaired) electrons. The molecule has 6 heteroatoms.